The number of halogens is 5. The number of fused-ring (bicyclic) bond motifs is 1. The molecule has 0 amide bonds. The Kier molecular flexibility index (Phi) is 2.75. The molecule has 0 fully saturated rings. The van der Waals surface area contributed by atoms with E-state index in [1.165, 1.54) is 12.3 Å². The number of rotatable bonds is 0. The van der Waals surface area contributed by atoms with Crippen molar-refractivity contribution in [2.75, 3.05) is 0 Å². The first-order valence-corrected chi connectivity index (χ1v) is 5.11. The van der Waals surface area contributed by atoms with Gasteiger partial charge in [0, 0.05) is 10.7 Å². The van der Waals surface area contributed by atoms with E-state index < -0.39 is 12.0 Å². The van der Waals surface area contributed by atoms with E-state index in [1.54, 1.807) is 0 Å². The van der Waals surface area contributed by atoms with Gasteiger partial charge in [-0.25, -0.2) is 15.0 Å². The minimum Gasteiger partial charge on any atom is -0.235 e. The highest BCUT2D eigenvalue weighted by molar-refractivity contribution is 9.10. The Hall–Kier alpha value is -0.950. The molecule has 0 aromatic carbocycles. The van der Waals surface area contributed by atoms with Crippen LogP contribution in [0.4, 0.5) is 13.2 Å². The Morgan fingerprint density at radius 1 is 1.25 bits per heavy atom. The van der Waals surface area contributed by atoms with Crippen molar-refractivity contribution in [3.05, 3.63) is 27.7 Å². The van der Waals surface area contributed by atoms with Gasteiger partial charge in [0.15, 0.2) is 5.65 Å². The lowest BCUT2D eigenvalue weighted by atomic mass is 10.3. The van der Waals surface area contributed by atoms with Crippen LogP contribution in [-0.4, -0.2) is 15.0 Å². The first kappa shape index (κ1) is 11.5. The maximum absolute atomic E-state index is 12.4. The molecule has 0 aliphatic carbocycles. The molecular weight excluding hydrogens is 310 g/mol. The molecule has 84 valence electrons. The molecule has 0 radical (unpaired) electrons. The summed E-state index contributed by atoms with van der Waals surface area (Å²) in [5, 5.41) is -0.00448. The Labute approximate surface area is 101 Å². The molecule has 8 heteroatoms. The molecule has 3 nitrogen and oxygen atoms in total. The smallest absolute Gasteiger partial charge is 0.235 e. The van der Waals surface area contributed by atoms with Crippen LogP contribution in [0.3, 0.4) is 0 Å². The Bertz CT molecular complexity index is 558. The molecule has 0 saturated carbocycles. The summed E-state index contributed by atoms with van der Waals surface area (Å²) in [6, 6.07) is 1.50. The van der Waals surface area contributed by atoms with Crippen molar-refractivity contribution in [3.63, 3.8) is 0 Å². The Balaban J connectivity index is 2.74. The molecule has 0 atom stereocenters. The van der Waals surface area contributed by atoms with Crippen molar-refractivity contribution in [2.45, 2.75) is 6.18 Å². The lowest BCUT2D eigenvalue weighted by Crippen LogP contribution is -2.11. The fourth-order valence-corrected chi connectivity index (χ4v) is 1.63. The summed E-state index contributed by atoms with van der Waals surface area (Å²) in [7, 11) is 0. The number of nitrogens with zero attached hydrogens (tertiary/aromatic N) is 3. The zero-order chi connectivity index (χ0) is 11.9. The maximum Gasteiger partial charge on any atom is 0.451 e. The Morgan fingerprint density at radius 3 is 2.56 bits per heavy atom. The fourth-order valence-electron chi connectivity index (χ4n) is 1.08. The summed E-state index contributed by atoms with van der Waals surface area (Å²) in [5.74, 6) is -1.29. The summed E-state index contributed by atoms with van der Waals surface area (Å²) >= 11 is 8.75. The number of hydrogen-bond donors (Lipinski definition) is 0. The van der Waals surface area contributed by atoms with Gasteiger partial charge in [0.25, 0.3) is 0 Å². The summed E-state index contributed by atoms with van der Waals surface area (Å²) in [4.78, 5) is 10.2. The molecular formula is C8H2BrClF3N3. The highest BCUT2D eigenvalue weighted by Crippen LogP contribution is 2.30. The molecule has 2 aromatic rings. The molecule has 0 bridgehead atoms. The second-order valence-corrected chi connectivity index (χ2v) is 4.13. The van der Waals surface area contributed by atoms with Gasteiger partial charge in [0.1, 0.15) is 5.15 Å². The van der Waals surface area contributed by atoms with Crippen LogP contribution < -0.4 is 0 Å². The van der Waals surface area contributed by atoms with Crippen LogP contribution in [0.1, 0.15) is 5.82 Å². The molecule has 2 aromatic heterocycles. The topological polar surface area (TPSA) is 38.7 Å². The van der Waals surface area contributed by atoms with Crippen molar-refractivity contribution in [3.8, 4) is 0 Å². The maximum atomic E-state index is 12.4. The molecule has 2 heterocycles. The average molecular weight is 312 g/mol. The molecule has 2 rings (SSSR count). The summed E-state index contributed by atoms with van der Waals surface area (Å²) < 4.78 is 37.7. The summed E-state index contributed by atoms with van der Waals surface area (Å²) in [5.41, 5.74) is -0.0875. The van der Waals surface area contributed by atoms with Crippen LogP contribution in [0, 0.1) is 0 Å². The molecule has 0 aliphatic rings. The van der Waals surface area contributed by atoms with E-state index in [1.807, 2.05) is 0 Å². The zero-order valence-electron chi connectivity index (χ0n) is 7.39. The second-order valence-electron chi connectivity index (χ2n) is 2.86. The van der Waals surface area contributed by atoms with Crippen LogP contribution in [0.2, 0.25) is 5.15 Å². The van der Waals surface area contributed by atoms with Gasteiger partial charge >= 0.3 is 6.18 Å². The number of alkyl halides is 3. The van der Waals surface area contributed by atoms with Crippen LogP contribution in [0.25, 0.3) is 11.0 Å². The SMILES string of the molecule is FC(F)(F)c1nc(Cl)c2cc(Br)cnc2n1. The standard InChI is InChI=1S/C8H2BrClF3N3/c9-3-1-4-5(10)15-7(8(11,12)13)16-6(4)14-2-3/h1-2H. The molecule has 16 heavy (non-hydrogen) atoms. The molecule has 0 aliphatic heterocycles. The predicted molar refractivity (Wildman–Crippen MR) is 55.0 cm³/mol. The predicted octanol–water partition coefficient (Wildman–Crippen LogP) is 3.46. The van der Waals surface area contributed by atoms with E-state index in [-0.39, 0.29) is 16.2 Å². The molecule has 0 saturated heterocycles. The van der Waals surface area contributed by atoms with E-state index in [9.17, 15) is 13.2 Å². The van der Waals surface area contributed by atoms with E-state index in [0.717, 1.165) is 0 Å². The highest BCUT2D eigenvalue weighted by Gasteiger charge is 2.35. The van der Waals surface area contributed by atoms with Crippen LogP contribution in [0.5, 0.6) is 0 Å². The summed E-state index contributed by atoms with van der Waals surface area (Å²) in [6.45, 7) is 0. The van der Waals surface area contributed by atoms with E-state index in [0.29, 0.717) is 4.47 Å². The highest BCUT2D eigenvalue weighted by atomic mass is 79.9. The van der Waals surface area contributed by atoms with Gasteiger partial charge < -0.3 is 0 Å². The summed E-state index contributed by atoms with van der Waals surface area (Å²) in [6.07, 6.45) is -3.29. The zero-order valence-corrected chi connectivity index (χ0v) is 9.73. The van der Waals surface area contributed by atoms with E-state index >= 15 is 0 Å². The van der Waals surface area contributed by atoms with Gasteiger partial charge in [-0.1, -0.05) is 11.6 Å². The van der Waals surface area contributed by atoms with Crippen molar-refractivity contribution < 1.29 is 13.2 Å². The fraction of sp³-hybridized carbons (Fsp3) is 0.125. The van der Waals surface area contributed by atoms with Gasteiger partial charge in [0.05, 0.1) is 5.39 Å². The third-order valence-corrected chi connectivity index (χ3v) is 2.45. The normalized spacial score (nSPS) is 12.1. The number of aromatic nitrogens is 3. The van der Waals surface area contributed by atoms with Crippen molar-refractivity contribution in [1.82, 2.24) is 15.0 Å². The first-order chi connectivity index (χ1) is 7.38. The van der Waals surface area contributed by atoms with Crippen LogP contribution >= 0.6 is 27.5 Å². The quantitative estimate of drug-likeness (QED) is 0.699. The number of hydrogen-bond acceptors (Lipinski definition) is 3. The number of pyridine rings is 1. The second kappa shape index (κ2) is 3.81. The van der Waals surface area contributed by atoms with Crippen molar-refractivity contribution in [2.24, 2.45) is 0 Å². The van der Waals surface area contributed by atoms with Crippen molar-refractivity contribution in [1.29, 1.82) is 0 Å². The van der Waals surface area contributed by atoms with Crippen LogP contribution in [-0.2, 0) is 6.18 Å². The monoisotopic (exact) mass is 311 g/mol. The molecule has 0 N–H and O–H groups in total. The Morgan fingerprint density at radius 2 is 1.94 bits per heavy atom. The van der Waals surface area contributed by atoms with E-state index in [4.69, 9.17) is 11.6 Å². The van der Waals surface area contributed by atoms with Gasteiger partial charge in [-0.05, 0) is 22.0 Å². The van der Waals surface area contributed by atoms with Gasteiger partial charge in [-0.3, -0.25) is 0 Å². The van der Waals surface area contributed by atoms with Crippen molar-refractivity contribution >= 4 is 38.6 Å². The van der Waals surface area contributed by atoms with E-state index in [2.05, 4.69) is 30.9 Å². The van der Waals surface area contributed by atoms with Gasteiger partial charge in [-0.2, -0.15) is 13.2 Å². The largest absolute Gasteiger partial charge is 0.451 e. The lowest BCUT2D eigenvalue weighted by molar-refractivity contribution is -0.144. The lowest BCUT2D eigenvalue weighted by Gasteiger charge is -2.06. The molecule has 0 spiro atoms. The van der Waals surface area contributed by atoms with Crippen LogP contribution in [0.15, 0.2) is 16.7 Å². The third kappa shape index (κ3) is 2.10. The first-order valence-electron chi connectivity index (χ1n) is 3.94. The minimum absolute atomic E-state index is 0.0875. The minimum atomic E-state index is -4.63. The van der Waals surface area contributed by atoms with Gasteiger partial charge in [-0.15, -0.1) is 0 Å². The molecule has 0 unspecified atom stereocenters. The average Bonchev–Trinajstić information content (AvgIpc) is 2.17. The van der Waals surface area contributed by atoms with Gasteiger partial charge in [0.2, 0.25) is 5.82 Å². The third-order valence-electron chi connectivity index (χ3n) is 1.72.